The SMILES string of the molecule is CCC(P(C1CC2CCC1C2)C1CC2CCC1C2)P(C1CC2CCC1C2)C1CC2CCC1C2. The minimum absolute atomic E-state index is 0.283. The summed E-state index contributed by atoms with van der Waals surface area (Å²) in [7, 11) is 0.566. The van der Waals surface area contributed by atoms with E-state index in [1.54, 1.807) is 109 Å². The van der Waals surface area contributed by atoms with Gasteiger partial charge >= 0.3 is 0 Å². The summed E-state index contributed by atoms with van der Waals surface area (Å²) in [4.78, 5) is 0. The lowest BCUT2D eigenvalue weighted by molar-refractivity contribution is 0.453. The van der Waals surface area contributed by atoms with Crippen LogP contribution in [0.4, 0.5) is 0 Å². The van der Waals surface area contributed by atoms with Crippen LogP contribution in [0.1, 0.15) is 116 Å². The molecule has 0 amide bonds. The van der Waals surface area contributed by atoms with Crippen LogP contribution in [-0.4, -0.2) is 28.0 Å². The molecule has 184 valence electrons. The molecule has 33 heavy (non-hydrogen) atoms. The maximum atomic E-state index is 2.72. The lowest BCUT2D eigenvalue weighted by Crippen LogP contribution is -2.35. The van der Waals surface area contributed by atoms with Crippen molar-refractivity contribution in [1.29, 1.82) is 0 Å². The van der Waals surface area contributed by atoms with Gasteiger partial charge in [0.25, 0.3) is 0 Å². The Morgan fingerprint density at radius 2 is 0.758 bits per heavy atom. The molecule has 0 aliphatic heterocycles. The van der Waals surface area contributed by atoms with Crippen molar-refractivity contribution in [3.63, 3.8) is 0 Å². The molecule has 8 bridgehead atoms. The quantitative estimate of drug-likeness (QED) is 0.316. The molecule has 8 fully saturated rings. The van der Waals surface area contributed by atoms with E-state index in [0.717, 1.165) is 23.7 Å². The molecule has 0 saturated heterocycles. The van der Waals surface area contributed by atoms with Crippen molar-refractivity contribution in [3.8, 4) is 0 Å². The Morgan fingerprint density at radius 3 is 0.939 bits per heavy atom. The molecule has 8 rings (SSSR count). The van der Waals surface area contributed by atoms with Crippen LogP contribution in [0.5, 0.6) is 0 Å². The van der Waals surface area contributed by atoms with Gasteiger partial charge in [-0.2, -0.15) is 0 Å². The first-order valence-electron chi connectivity index (χ1n) is 15.8. The molecule has 8 aliphatic carbocycles. The highest BCUT2D eigenvalue weighted by Crippen LogP contribution is 2.80. The number of hydrogen-bond acceptors (Lipinski definition) is 0. The maximum Gasteiger partial charge on any atom is 0.000186 e. The molecule has 0 aromatic heterocycles. The van der Waals surface area contributed by atoms with Crippen LogP contribution in [0.15, 0.2) is 0 Å². The van der Waals surface area contributed by atoms with E-state index in [2.05, 4.69) is 6.92 Å². The highest BCUT2D eigenvalue weighted by Gasteiger charge is 2.57. The molecule has 0 nitrogen and oxygen atoms in total. The lowest BCUT2D eigenvalue weighted by atomic mass is 9.99. The van der Waals surface area contributed by atoms with Crippen LogP contribution in [0, 0.1) is 47.3 Å². The summed E-state index contributed by atoms with van der Waals surface area (Å²) in [5.74, 6) is 9.40. The van der Waals surface area contributed by atoms with Crippen molar-refractivity contribution >= 4 is 15.8 Å². The Hall–Kier alpha value is 0.860. The van der Waals surface area contributed by atoms with Gasteiger partial charge in [0.1, 0.15) is 0 Å². The predicted octanol–water partition coefficient (Wildman–Crippen LogP) is 9.44. The van der Waals surface area contributed by atoms with Gasteiger partial charge in [0.2, 0.25) is 0 Å². The Bertz CT molecular complexity index is 633. The third kappa shape index (κ3) is 3.48. The van der Waals surface area contributed by atoms with Gasteiger partial charge in [-0.05, 0) is 153 Å². The third-order valence-corrected chi connectivity index (χ3v) is 22.7. The normalized spacial score (nSPS) is 56.3. The summed E-state index contributed by atoms with van der Waals surface area (Å²) in [6.45, 7) is 2.72. The van der Waals surface area contributed by atoms with E-state index in [1.807, 2.05) is 0 Å². The lowest BCUT2D eigenvalue weighted by Gasteiger charge is -2.51. The minimum Gasteiger partial charge on any atom is -0.0921 e. The zero-order valence-corrected chi connectivity index (χ0v) is 23.2. The fourth-order valence-corrected chi connectivity index (χ4v) is 24.3. The average molecular weight is 485 g/mol. The number of hydrogen-bond donors (Lipinski definition) is 0. The first-order valence-corrected chi connectivity index (χ1v) is 18.9. The van der Waals surface area contributed by atoms with Crippen LogP contribution >= 0.6 is 15.8 Å². The van der Waals surface area contributed by atoms with Crippen molar-refractivity contribution in [1.82, 2.24) is 0 Å². The van der Waals surface area contributed by atoms with Gasteiger partial charge in [0, 0.05) is 5.40 Å². The van der Waals surface area contributed by atoms with Crippen molar-refractivity contribution in [2.75, 3.05) is 0 Å². The fourth-order valence-electron chi connectivity index (χ4n) is 12.3. The summed E-state index contributed by atoms with van der Waals surface area (Å²) >= 11 is 0. The van der Waals surface area contributed by atoms with Gasteiger partial charge in [0.15, 0.2) is 0 Å². The molecule has 12 unspecified atom stereocenters. The Morgan fingerprint density at radius 1 is 0.455 bits per heavy atom. The van der Waals surface area contributed by atoms with Gasteiger partial charge in [-0.15, -0.1) is 0 Å². The van der Waals surface area contributed by atoms with Crippen LogP contribution < -0.4 is 0 Å². The monoisotopic (exact) mass is 484 g/mol. The largest absolute Gasteiger partial charge is 0.0921 e. The van der Waals surface area contributed by atoms with E-state index in [0.29, 0.717) is 0 Å². The summed E-state index contributed by atoms with van der Waals surface area (Å²) in [6, 6.07) is 0. The molecule has 0 radical (unpaired) electrons. The van der Waals surface area contributed by atoms with Gasteiger partial charge in [-0.25, -0.2) is 0 Å². The summed E-state index contributed by atoms with van der Waals surface area (Å²) in [5, 5.41) is 1.23. The van der Waals surface area contributed by atoms with Crippen molar-refractivity contribution < 1.29 is 0 Å². The predicted molar refractivity (Wildman–Crippen MR) is 145 cm³/mol. The van der Waals surface area contributed by atoms with E-state index >= 15 is 0 Å². The molecule has 2 heteroatoms. The molecule has 0 heterocycles. The van der Waals surface area contributed by atoms with Crippen molar-refractivity contribution in [2.24, 2.45) is 47.3 Å². The Balaban J connectivity index is 1.17. The van der Waals surface area contributed by atoms with E-state index in [9.17, 15) is 0 Å². The molecule has 0 aromatic carbocycles. The molecule has 8 saturated carbocycles. The van der Waals surface area contributed by atoms with E-state index in [-0.39, 0.29) is 15.8 Å². The van der Waals surface area contributed by atoms with E-state index in [1.165, 1.54) is 51.7 Å². The topological polar surface area (TPSA) is 0 Å². The van der Waals surface area contributed by atoms with E-state index in [4.69, 9.17) is 0 Å². The smallest absolute Gasteiger partial charge is 0.000186 e. The van der Waals surface area contributed by atoms with Crippen LogP contribution in [-0.2, 0) is 0 Å². The van der Waals surface area contributed by atoms with Gasteiger partial charge in [-0.1, -0.05) is 48.5 Å². The molecular weight excluding hydrogens is 434 g/mol. The van der Waals surface area contributed by atoms with Crippen molar-refractivity contribution in [2.45, 2.75) is 144 Å². The average Bonchev–Trinajstić information content (AvgIpc) is 3.69. The molecule has 0 N–H and O–H groups in total. The maximum absolute atomic E-state index is 2.72. The zero-order valence-electron chi connectivity index (χ0n) is 21.4. The summed E-state index contributed by atoms with van der Waals surface area (Å²) in [6.07, 6.45) is 28.1. The van der Waals surface area contributed by atoms with Crippen LogP contribution in [0.3, 0.4) is 0 Å². The standard InChI is InChI=1S/C31H50P2/c1-2-31(32(27-15-19-3-7-23(27)11-19)28-16-20-4-8-24(28)12-20)33(29-17-21-5-9-25(29)13-21)30-18-22-6-10-26(30)14-22/h19-31H,2-18H2,1H3. The highest BCUT2D eigenvalue weighted by atomic mass is 31.2. The first-order chi connectivity index (χ1) is 16.2. The Labute approximate surface area is 207 Å². The zero-order chi connectivity index (χ0) is 21.7. The first kappa shape index (κ1) is 21.9. The van der Waals surface area contributed by atoms with Gasteiger partial charge in [-0.3, -0.25) is 0 Å². The molecule has 12 atom stereocenters. The van der Waals surface area contributed by atoms with Gasteiger partial charge < -0.3 is 0 Å². The second-order valence-electron chi connectivity index (χ2n) is 14.8. The highest BCUT2D eigenvalue weighted by molar-refractivity contribution is 7.77. The summed E-state index contributed by atoms with van der Waals surface area (Å²) < 4.78 is 0. The second-order valence-corrected chi connectivity index (χ2v) is 20.8. The second kappa shape index (κ2) is 8.44. The number of fused-ring (bicyclic) bond motifs is 8. The van der Waals surface area contributed by atoms with Crippen LogP contribution in [0.2, 0.25) is 0 Å². The molecular formula is C31H50P2. The fraction of sp³-hybridized carbons (Fsp3) is 1.00. The molecule has 0 spiro atoms. The van der Waals surface area contributed by atoms with Gasteiger partial charge in [0.05, 0.1) is 0 Å². The summed E-state index contributed by atoms with van der Waals surface area (Å²) in [5.41, 5.74) is 4.93. The minimum atomic E-state index is 0.283. The Kier molecular flexibility index (Phi) is 5.60. The van der Waals surface area contributed by atoms with E-state index < -0.39 is 0 Å². The third-order valence-electron chi connectivity index (χ3n) is 13.4. The molecule has 8 aliphatic rings. The van der Waals surface area contributed by atoms with Crippen LogP contribution in [0.25, 0.3) is 0 Å². The van der Waals surface area contributed by atoms with Crippen molar-refractivity contribution in [3.05, 3.63) is 0 Å². The molecule has 0 aromatic rings. The number of rotatable bonds is 7.